The van der Waals surface area contributed by atoms with E-state index in [1.54, 1.807) is 0 Å². The summed E-state index contributed by atoms with van der Waals surface area (Å²) >= 11 is 3.91. The van der Waals surface area contributed by atoms with Crippen LogP contribution < -0.4 is 20.6 Å². The third-order valence-corrected chi connectivity index (χ3v) is 10.6. The Morgan fingerprint density at radius 1 is 0.564 bits per heavy atom. The first kappa shape index (κ1) is 21.7. The third-order valence-electron chi connectivity index (χ3n) is 8.04. The normalized spacial score (nSPS) is 13.4. The summed E-state index contributed by atoms with van der Waals surface area (Å²) in [5.41, 5.74) is 7.69. The molecule has 0 atom stereocenters. The van der Waals surface area contributed by atoms with Gasteiger partial charge in [0.2, 0.25) is 0 Å². The van der Waals surface area contributed by atoms with Crippen LogP contribution in [-0.2, 0) is 0 Å². The van der Waals surface area contributed by atoms with Crippen LogP contribution in [-0.4, -0.2) is 11.3 Å². The Kier molecular flexibility index (Phi) is 4.54. The number of rotatable bonds is 2. The molecule has 0 bridgehead atoms. The largest absolute Gasteiger partial charge is 0.297 e. The van der Waals surface area contributed by atoms with Crippen LogP contribution in [0.2, 0.25) is 0 Å². The van der Waals surface area contributed by atoms with Crippen molar-refractivity contribution in [3.63, 3.8) is 0 Å². The van der Waals surface area contributed by atoms with Gasteiger partial charge >= 0.3 is 0 Å². The van der Waals surface area contributed by atoms with E-state index in [1.165, 1.54) is 69.4 Å². The first-order valence-electron chi connectivity index (χ1n) is 13.2. The second-order valence-electron chi connectivity index (χ2n) is 10.1. The van der Waals surface area contributed by atoms with Crippen molar-refractivity contribution in [2.75, 3.05) is 4.90 Å². The Morgan fingerprint density at radius 2 is 1.26 bits per heavy atom. The molecule has 9 rings (SSSR count). The smallest absolute Gasteiger partial charge is 0.265 e. The van der Waals surface area contributed by atoms with E-state index in [0.29, 0.717) is 0 Å². The molecule has 0 radical (unpaired) electrons. The molecule has 2 aliphatic heterocycles. The lowest BCUT2D eigenvalue weighted by molar-refractivity contribution is 1.08. The zero-order valence-corrected chi connectivity index (χ0v) is 22.5. The summed E-state index contributed by atoms with van der Waals surface area (Å²) in [5, 5.41) is 2.69. The molecule has 5 aromatic carbocycles. The van der Waals surface area contributed by atoms with Gasteiger partial charge in [-0.25, -0.2) is 0 Å². The highest BCUT2D eigenvalue weighted by atomic mass is 32.2. The van der Waals surface area contributed by atoms with Crippen LogP contribution >= 0.6 is 23.1 Å². The monoisotopic (exact) mass is 532 g/mol. The minimum atomic E-state index is 0.176. The van der Waals surface area contributed by atoms with Crippen molar-refractivity contribution in [1.82, 2.24) is 4.57 Å². The Balaban J connectivity index is 1.48. The molecule has 39 heavy (non-hydrogen) atoms. The lowest BCUT2D eigenvalue weighted by Gasteiger charge is -2.38. The molecular formula is C34H21BN2S2. The van der Waals surface area contributed by atoms with Gasteiger partial charge in [-0.15, -0.1) is 11.3 Å². The highest BCUT2D eigenvalue weighted by Crippen LogP contribution is 2.46. The molecule has 2 aliphatic rings. The van der Waals surface area contributed by atoms with Crippen LogP contribution in [0.5, 0.6) is 0 Å². The third kappa shape index (κ3) is 2.94. The van der Waals surface area contributed by atoms with Crippen LogP contribution in [0.3, 0.4) is 0 Å². The van der Waals surface area contributed by atoms with Crippen LogP contribution in [0.1, 0.15) is 0 Å². The van der Waals surface area contributed by atoms with Gasteiger partial charge in [-0.3, -0.25) is 9.47 Å². The molecular weight excluding hydrogens is 511 g/mol. The van der Waals surface area contributed by atoms with Gasteiger partial charge in [0, 0.05) is 36.9 Å². The first-order valence-corrected chi connectivity index (χ1v) is 14.9. The molecule has 7 aromatic rings. The van der Waals surface area contributed by atoms with Gasteiger partial charge in [0.05, 0.1) is 5.52 Å². The predicted molar refractivity (Wildman–Crippen MR) is 169 cm³/mol. The zero-order chi connectivity index (χ0) is 25.5. The summed E-state index contributed by atoms with van der Waals surface area (Å²) in [6.07, 6.45) is 0. The van der Waals surface area contributed by atoms with Crippen molar-refractivity contribution in [3.8, 4) is 5.69 Å². The van der Waals surface area contributed by atoms with Gasteiger partial charge in [-0.1, -0.05) is 90.6 Å². The van der Waals surface area contributed by atoms with E-state index in [1.807, 2.05) is 23.1 Å². The summed E-state index contributed by atoms with van der Waals surface area (Å²) < 4.78 is 5.30. The van der Waals surface area contributed by atoms with E-state index in [0.717, 1.165) is 0 Å². The van der Waals surface area contributed by atoms with Crippen LogP contribution in [0.15, 0.2) is 137 Å². The number of para-hydroxylation sites is 3. The standard InChI is InChI=1S/C34H21BN2S2/c1-3-12-22(13-4-1)36-26-18-9-7-16-24(26)30-34(36)37(23-14-5-2-6-15-23)27-19-11-21-29-31(27)35(30)33-32(38-29)25-17-8-10-20-28(25)39-33/h1-21H. The second-order valence-corrected chi connectivity index (χ2v) is 12.2. The van der Waals surface area contributed by atoms with Gasteiger partial charge in [0.25, 0.3) is 6.71 Å². The maximum atomic E-state index is 2.50. The molecule has 2 nitrogen and oxygen atoms in total. The van der Waals surface area contributed by atoms with Crippen molar-refractivity contribution >= 4 is 83.7 Å². The van der Waals surface area contributed by atoms with E-state index in [-0.39, 0.29) is 6.71 Å². The molecule has 0 saturated carbocycles. The minimum absolute atomic E-state index is 0.176. The van der Waals surface area contributed by atoms with E-state index in [9.17, 15) is 0 Å². The number of nitrogens with zero attached hydrogens (tertiary/aromatic N) is 2. The molecule has 0 fully saturated rings. The molecule has 182 valence electrons. The quantitative estimate of drug-likeness (QED) is 0.212. The molecule has 0 aliphatic carbocycles. The van der Waals surface area contributed by atoms with Crippen LogP contribution in [0, 0.1) is 0 Å². The van der Waals surface area contributed by atoms with Crippen molar-refractivity contribution in [3.05, 3.63) is 127 Å². The van der Waals surface area contributed by atoms with E-state index in [4.69, 9.17) is 0 Å². The molecule has 4 heterocycles. The highest BCUT2D eigenvalue weighted by Gasteiger charge is 2.45. The first-order chi connectivity index (χ1) is 19.4. The van der Waals surface area contributed by atoms with Gasteiger partial charge in [0.1, 0.15) is 5.82 Å². The highest BCUT2D eigenvalue weighted by molar-refractivity contribution is 8.00. The Morgan fingerprint density at radius 3 is 2.08 bits per heavy atom. The van der Waals surface area contributed by atoms with Crippen molar-refractivity contribution < 1.29 is 0 Å². The molecule has 0 unspecified atom stereocenters. The van der Waals surface area contributed by atoms with E-state index < -0.39 is 0 Å². The molecule has 2 aromatic heterocycles. The summed E-state index contributed by atoms with van der Waals surface area (Å²) in [5.74, 6) is 1.23. The fourth-order valence-corrected chi connectivity index (χ4v) is 9.25. The lowest BCUT2D eigenvalue weighted by Crippen LogP contribution is -2.58. The second kappa shape index (κ2) is 8.16. The number of hydrogen-bond acceptors (Lipinski definition) is 3. The number of aromatic nitrogens is 1. The van der Waals surface area contributed by atoms with Crippen LogP contribution in [0.4, 0.5) is 17.2 Å². The minimum Gasteiger partial charge on any atom is -0.297 e. The van der Waals surface area contributed by atoms with Crippen molar-refractivity contribution in [2.45, 2.75) is 9.79 Å². The van der Waals surface area contributed by atoms with Crippen LogP contribution in [0.25, 0.3) is 26.7 Å². The van der Waals surface area contributed by atoms with E-state index >= 15 is 0 Å². The predicted octanol–water partition coefficient (Wildman–Crippen LogP) is 7.61. The van der Waals surface area contributed by atoms with Gasteiger partial charge in [-0.05, 0) is 69.6 Å². The van der Waals surface area contributed by atoms with Gasteiger partial charge in [0.15, 0.2) is 0 Å². The number of thiophene rings is 1. The summed E-state index contributed by atoms with van der Waals surface area (Å²) in [6, 6.07) is 46.4. The van der Waals surface area contributed by atoms with Crippen molar-refractivity contribution in [1.29, 1.82) is 0 Å². The summed E-state index contributed by atoms with van der Waals surface area (Å²) in [7, 11) is 0. The fourth-order valence-electron chi connectivity index (χ4n) is 6.51. The Bertz CT molecular complexity index is 2060. The fraction of sp³-hybridized carbons (Fsp3) is 0. The van der Waals surface area contributed by atoms with Gasteiger partial charge < -0.3 is 0 Å². The molecule has 0 amide bonds. The molecule has 0 saturated heterocycles. The Hall–Kier alpha value is -4.19. The number of hydrogen-bond donors (Lipinski definition) is 0. The maximum absolute atomic E-state index is 2.50. The maximum Gasteiger partial charge on any atom is 0.265 e. The topological polar surface area (TPSA) is 8.17 Å². The summed E-state index contributed by atoms with van der Waals surface area (Å²) in [4.78, 5) is 5.27. The SMILES string of the molecule is c1ccc(N2c3cccc4c3B(c3sc5ccccc5c3S4)c3c2n(-c2ccccc2)c2ccccc32)cc1. The average Bonchev–Trinajstić information content (AvgIpc) is 3.54. The molecule has 5 heteroatoms. The van der Waals surface area contributed by atoms with Gasteiger partial charge in [-0.2, -0.15) is 0 Å². The van der Waals surface area contributed by atoms with E-state index in [2.05, 4.69) is 137 Å². The number of anilines is 3. The van der Waals surface area contributed by atoms with Crippen molar-refractivity contribution in [2.24, 2.45) is 0 Å². The molecule has 0 N–H and O–H groups in total. The number of fused-ring (bicyclic) bond motifs is 8. The zero-order valence-electron chi connectivity index (χ0n) is 20.9. The average molecular weight is 533 g/mol. The summed E-state index contributed by atoms with van der Waals surface area (Å²) in [6.45, 7) is 0.176. The molecule has 0 spiro atoms. The lowest BCUT2D eigenvalue weighted by atomic mass is 9.37. The number of benzene rings is 5. The Labute approximate surface area is 235 Å².